The quantitative estimate of drug-likeness (QED) is 0.549. The van der Waals surface area contributed by atoms with Crippen molar-refractivity contribution in [2.75, 3.05) is 5.32 Å². The number of halogens is 2. The van der Waals surface area contributed by atoms with Crippen LogP contribution in [0.2, 0.25) is 10.4 Å². The maximum atomic E-state index is 11.5. The van der Waals surface area contributed by atoms with Gasteiger partial charge in [0.25, 0.3) is 0 Å². The molecule has 1 aromatic rings. The van der Waals surface area contributed by atoms with Gasteiger partial charge in [0.15, 0.2) is 0 Å². The molecule has 1 amide bonds. The third-order valence-electron chi connectivity index (χ3n) is 2.26. The number of rotatable bonds is 0. The van der Waals surface area contributed by atoms with Crippen molar-refractivity contribution in [3.8, 4) is 0 Å². The van der Waals surface area contributed by atoms with Gasteiger partial charge in [-0.2, -0.15) is 4.98 Å². The largest absolute Gasteiger partial charge is 0.309 e. The van der Waals surface area contributed by atoms with E-state index in [1.807, 2.05) is 0 Å². The first-order valence-corrected chi connectivity index (χ1v) is 4.73. The number of nitrogens with one attached hydrogen (secondary N) is 1. The summed E-state index contributed by atoms with van der Waals surface area (Å²) in [5.41, 5.74) is -0.0923. The molecule has 1 aliphatic rings. The molecule has 0 unspecified atom stereocenters. The smallest absolute Gasteiger partial charge is 0.235 e. The lowest BCUT2D eigenvalue weighted by atomic mass is 9.88. The second-order valence-electron chi connectivity index (χ2n) is 3.59. The van der Waals surface area contributed by atoms with Crippen LogP contribution >= 0.6 is 23.2 Å². The first-order chi connectivity index (χ1) is 6.43. The molecule has 0 saturated carbocycles. The second kappa shape index (κ2) is 2.81. The van der Waals surface area contributed by atoms with E-state index in [-0.39, 0.29) is 16.3 Å². The van der Waals surface area contributed by atoms with Crippen molar-refractivity contribution in [2.24, 2.45) is 0 Å². The van der Waals surface area contributed by atoms with Gasteiger partial charge in [0, 0.05) is 5.56 Å². The van der Waals surface area contributed by atoms with E-state index in [0.29, 0.717) is 11.4 Å². The molecule has 0 saturated heterocycles. The Kier molecular flexibility index (Phi) is 1.94. The molecule has 14 heavy (non-hydrogen) atoms. The zero-order valence-corrected chi connectivity index (χ0v) is 9.07. The molecular formula is C8H7Cl2N3O. The maximum Gasteiger partial charge on any atom is 0.235 e. The van der Waals surface area contributed by atoms with Crippen molar-refractivity contribution in [3.05, 3.63) is 16.0 Å². The molecule has 1 aliphatic heterocycles. The van der Waals surface area contributed by atoms with Crippen LogP contribution in [0.1, 0.15) is 19.4 Å². The molecule has 0 atom stereocenters. The van der Waals surface area contributed by atoms with Gasteiger partial charge < -0.3 is 5.32 Å². The lowest BCUT2D eigenvalue weighted by Gasteiger charge is -2.14. The highest BCUT2D eigenvalue weighted by Gasteiger charge is 2.42. The predicted octanol–water partition coefficient (Wildman–Crippen LogP) is 2.01. The summed E-state index contributed by atoms with van der Waals surface area (Å²) in [6.45, 7) is 3.52. The highest BCUT2D eigenvalue weighted by Crippen LogP contribution is 2.40. The van der Waals surface area contributed by atoms with Gasteiger partial charge in [-0.15, -0.1) is 0 Å². The highest BCUT2D eigenvalue weighted by molar-refractivity contribution is 6.33. The van der Waals surface area contributed by atoms with Crippen LogP contribution in [0.3, 0.4) is 0 Å². The average Bonchev–Trinajstić information content (AvgIpc) is 2.21. The lowest BCUT2D eigenvalue weighted by Crippen LogP contribution is -2.27. The van der Waals surface area contributed by atoms with Crippen molar-refractivity contribution < 1.29 is 4.79 Å². The molecule has 4 nitrogen and oxygen atoms in total. The minimum atomic E-state index is -0.697. The molecule has 0 fully saturated rings. The molecule has 2 heterocycles. The summed E-state index contributed by atoms with van der Waals surface area (Å²) in [5.74, 6) is 0.260. The summed E-state index contributed by atoms with van der Waals surface area (Å²) < 4.78 is 0. The monoisotopic (exact) mass is 231 g/mol. The van der Waals surface area contributed by atoms with Gasteiger partial charge in [0.05, 0.1) is 5.41 Å². The lowest BCUT2D eigenvalue weighted by molar-refractivity contribution is -0.119. The fourth-order valence-corrected chi connectivity index (χ4v) is 2.05. The molecular weight excluding hydrogens is 225 g/mol. The normalized spacial score (nSPS) is 17.9. The molecule has 1 aromatic heterocycles. The van der Waals surface area contributed by atoms with Crippen molar-refractivity contribution >= 4 is 34.9 Å². The van der Waals surface area contributed by atoms with E-state index >= 15 is 0 Å². The molecule has 0 bridgehead atoms. The first-order valence-electron chi connectivity index (χ1n) is 3.98. The van der Waals surface area contributed by atoms with Crippen LogP contribution in [0.15, 0.2) is 0 Å². The third kappa shape index (κ3) is 1.18. The number of aromatic nitrogens is 2. The van der Waals surface area contributed by atoms with E-state index in [4.69, 9.17) is 23.2 Å². The number of fused-ring (bicyclic) bond motifs is 1. The summed E-state index contributed by atoms with van der Waals surface area (Å²) in [6, 6.07) is 0. The first kappa shape index (κ1) is 9.68. The number of nitrogens with zero attached hydrogens (tertiary/aromatic N) is 2. The zero-order chi connectivity index (χ0) is 10.5. The summed E-state index contributed by atoms with van der Waals surface area (Å²) in [5, 5.41) is 2.87. The van der Waals surface area contributed by atoms with Crippen LogP contribution in [-0.4, -0.2) is 15.9 Å². The fourth-order valence-electron chi connectivity index (χ4n) is 1.43. The Balaban J connectivity index is 2.71. The Morgan fingerprint density at radius 3 is 2.57 bits per heavy atom. The van der Waals surface area contributed by atoms with Crippen molar-refractivity contribution in [2.45, 2.75) is 19.3 Å². The Labute approximate surface area is 90.6 Å². The van der Waals surface area contributed by atoms with Crippen LogP contribution < -0.4 is 5.32 Å². The minimum absolute atomic E-state index is 0.0340. The molecule has 1 N–H and O–H groups in total. The van der Waals surface area contributed by atoms with Gasteiger partial charge in [0.2, 0.25) is 11.2 Å². The van der Waals surface area contributed by atoms with Crippen LogP contribution in [-0.2, 0) is 10.2 Å². The second-order valence-corrected chi connectivity index (χ2v) is 4.28. The molecule has 0 radical (unpaired) electrons. The van der Waals surface area contributed by atoms with Crippen molar-refractivity contribution in [3.63, 3.8) is 0 Å². The van der Waals surface area contributed by atoms with Crippen LogP contribution in [0.25, 0.3) is 0 Å². The Bertz CT molecular complexity index is 431. The van der Waals surface area contributed by atoms with E-state index in [1.54, 1.807) is 13.8 Å². The van der Waals surface area contributed by atoms with E-state index in [1.165, 1.54) is 0 Å². The molecule has 74 valence electrons. The SMILES string of the molecule is CC1(C)C(=O)Nc2nc(Cl)nc(Cl)c21. The van der Waals surface area contributed by atoms with Gasteiger partial charge in [-0.05, 0) is 25.4 Å². The molecule has 0 aromatic carbocycles. The van der Waals surface area contributed by atoms with E-state index < -0.39 is 5.41 Å². The summed E-state index contributed by atoms with van der Waals surface area (Å²) in [6.07, 6.45) is 0. The predicted molar refractivity (Wildman–Crippen MR) is 53.7 cm³/mol. The van der Waals surface area contributed by atoms with Gasteiger partial charge >= 0.3 is 0 Å². The highest BCUT2D eigenvalue weighted by atomic mass is 35.5. The zero-order valence-electron chi connectivity index (χ0n) is 7.56. The van der Waals surface area contributed by atoms with E-state index in [9.17, 15) is 4.79 Å². The standard InChI is InChI=1S/C8H7Cl2N3O/c1-8(2)3-4(9)11-7(10)13-5(3)12-6(8)14/h1-2H3,(H,11,12,13,14). The Hall–Kier alpha value is -0.870. The van der Waals surface area contributed by atoms with Crippen LogP contribution in [0, 0.1) is 0 Å². The molecule has 0 aliphatic carbocycles. The topological polar surface area (TPSA) is 54.9 Å². The molecule has 2 rings (SSSR count). The Morgan fingerprint density at radius 2 is 1.93 bits per heavy atom. The number of amides is 1. The number of hydrogen-bond donors (Lipinski definition) is 1. The number of anilines is 1. The van der Waals surface area contributed by atoms with Gasteiger partial charge in [-0.3, -0.25) is 4.79 Å². The van der Waals surface area contributed by atoms with Gasteiger partial charge in [0.1, 0.15) is 11.0 Å². The van der Waals surface area contributed by atoms with E-state index in [2.05, 4.69) is 15.3 Å². The minimum Gasteiger partial charge on any atom is -0.309 e. The number of carbonyl (C=O) groups excluding carboxylic acids is 1. The van der Waals surface area contributed by atoms with Crippen molar-refractivity contribution in [1.82, 2.24) is 9.97 Å². The molecule has 0 spiro atoms. The number of carbonyl (C=O) groups is 1. The average molecular weight is 232 g/mol. The van der Waals surface area contributed by atoms with Gasteiger partial charge in [-0.1, -0.05) is 11.6 Å². The van der Waals surface area contributed by atoms with Gasteiger partial charge in [-0.25, -0.2) is 4.98 Å². The summed E-state index contributed by atoms with van der Waals surface area (Å²) >= 11 is 11.5. The maximum absolute atomic E-state index is 11.5. The summed E-state index contributed by atoms with van der Waals surface area (Å²) in [4.78, 5) is 19.2. The molecule has 6 heteroatoms. The number of hydrogen-bond acceptors (Lipinski definition) is 3. The van der Waals surface area contributed by atoms with E-state index in [0.717, 1.165) is 0 Å². The summed E-state index contributed by atoms with van der Waals surface area (Å²) in [7, 11) is 0. The third-order valence-corrected chi connectivity index (χ3v) is 2.70. The van der Waals surface area contributed by atoms with Crippen LogP contribution in [0.4, 0.5) is 5.82 Å². The Morgan fingerprint density at radius 1 is 1.29 bits per heavy atom. The fraction of sp³-hybridized carbons (Fsp3) is 0.375. The van der Waals surface area contributed by atoms with Crippen molar-refractivity contribution in [1.29, 1.82) is 0 Å². The van der Waals surface area contributed by atoms with Crippen LogP contribution in [0.5, 0.6) is 0 Å².